The minimum Gasteiger partial charge on any atom is -0.347 e. The van der Waals surface area contributed by atoms with Crippen LogP contribution in [0.15, 0.2) is 0 Å². The second-order valence-corrected chi connectivity index (χ2v) is 5.49. The lowest BCUT2D eigenvalue weighted by molar-refractivity contribution is -0.187. The van der Waals surface area contributed by atoms with Crippen LogP contribution < -0.4 is 0 Å². The third kappa shape index (κ3) is 2.33. The normalized spacial score (nSPS) is 28.4. The van der Waals surface area contributed by atoms with Gasteiger partial charge in [-0.1, -0.05) is 6.42 Å². The van der Waals surface area contributed by atoms with Gasteiger partial charge in [0, 0.05) is 32.4 Å². The van der Waals surface area contributed by atoms with Crippen molar-refractivity contribution in [3.8, 4) is 0 Å². The molecule has 0 N–H and O–H groups in total. The number of rotatable bonds is 2. The van der Waals surface area contributed by atoms with Crippen molar-refractivity contribution in [2.45, 2.75) is 44.3 Å². The van der Waals surface area contributed by atoms with E-state index >= 15 is 0 Å². The van der Waals surface area contributed by atoms with Crippen LogP contribution in [0.25, 0.3) is 0 Å². The van der Waals surface area contributed by atoms with E-state index in [4.69, 9.17) is 9.47 Å². The van der Waals surface area contributed by atoms with Crippen molar-refractivity contribution in [1.29, 1.82) is 0 Å². The molecule has 0 aromatic carbocycles. The Morgan fingerprint density at radius 2 is 1.82 bits per heavy atom. The molecule has 1 spiro atoms. The first-order valence-electron chi connectivity index (χ1n) is 6.83. The number of hydrogen-bond donors (Lipinski definition) is 0. The van der Waals surface area contributed by atoms with Crippen molar-refractivity contribution in [1.82, 2.24) is 4.90 Å². The maximum atomic E-state index is 12.0. The van der Waals surface area contributed by atoms with Gasteiger partial charge in [-0.3, -0.25) is 4.79 Å². The van der Waals surface area contributed by atoms with E-state index in [1.807, 2.05) is 4.90 Å². The molecular formula is C13H21NO3. The highest BCUT2D eigenvalue weighted by molar-refractivity contribution is 5.76. The number of carbonyl (C=O) groups excluding carboxylic acids is 1. The fraction of sp³-hybridized carbons (Fsp3) is 0.923. The van der Waals surface area contributed by atoms with E-state index in [9.17, 15) is 4.79 Å². The van der Waals surface area contributed by atoms with Gasteiger partial charge in [-0.05, 0) is 18.8 Å². The van der Waals surface area contributed by atoms with E-state index in [2.05, 4.69) is 0 Å². The van der Waals surface area contributed by atoms with Crippen molar-refractivity contribution in [2.75, 3.05) is 26.3 Å². The second kappa shape index (κ2) is 4.58. The Kier molecular flexibility index (Phi) is 3.09. The van der Waals surface area contributed by atoms with Crippen LogP contribution in [0.2, 0.25) is 0 Å². The highest BCUT2D eigenvalue weighted by Gasteiger charge is 2.40. The van der Waals surface area contributed by atoms with Crippen LogP contribution >= 0.6 is 0 Å². The van der Waals surface area contributed by atoms with Gasteiger partial charge in [0.15, 0.2) is 5.79 Å². The molecule has 0 unspecified atom stereocenters. The summed E-state index contributed by atoms with van der Waals surface area (Å²) in [7, 11) is 0. The Balaban J connectivity index is 1.48. The van der Waals surface area contributed by atoms with E-state index < -0.39 is 0 Å². The molecule has 3 fully saturated rings. The van der Waals surface area contributed by atoms with Crippen LogP contribution in [0.4, 0.5) is 0 Å². The summed E-state index contributed by atoms with van der Waals surface area (Å²) < 4.78 is 11.3. The minimum absolute atomic E-state index is 0.336. The highest BCUT2D eigenvalue weighted by atomic mass is 16.7. The summed E-state index contributed by atoms with van der Waals surface area (Å²) in [5.74, 6) is 0.646. The SMILES string of the molecule is O=C(CC1CCC1)N1CCC2(CC1)OCCO2. The summed E-state index contributed by atoms with van der Waals surface area (Å²) in [6.07, 6.45) is 6.23. The first kappa shape index (κ1) is 11.5. The average molecular weight is 239 g/mol. The van der Waals surface area contributed by atoms with Crippen LogP contribution in [0.5, 0.6) is 0 Å². The lowest BCUT2D eigenvalue weighted by Crippen LogP contribution is -2.47. The summed E-state index contributed by atoms with van der Waals surface area (Å²) in [5.41, 5.74) is 0. The molecule has 0 aromatic heterocycles. The first-order valence-corrected chi connectivity index (χ1v) is 6.83. The first-order chi connectivity index (χ1) is 8.27. The molecule has 2 saturated heterocycles. The maximum absolute atomic E-state index is 12.0. The zero-order chi connectivity index (χ0) is 11.7. The molecule has 0 aromatic rings. The van der Waals surface area contributed by atoms with Crippen LogP contribution in [-0.4, -0.2) is 42.9 Å². The van der Waals surface area contributed by atoms with Crippen LogP contribution in [0, 0.1) is 5.92 Å². The molecule has 4 nitrogen and oxygen atoms in total. The van der Waals surface area contributed by atoms with Crippen molar-refractivity contribution < 1.29 is 14.3 Å². The topological polar surface area (TPSA) is 38.8 Å². The quantitative estimate of drug-likeness (QED) is 0.733. The zero-order valence-corrected chi connectivity index (χ0v) is 10.3. The zero-order valence-electron chi connectivity index (χ0n) is 10.3. The molecule has 1 aliphatic carbocycles. The number of nitrogens with zero attached hydrogens (tertiary/aromatic N) is 1. The highest BCUT2D eigenvalue weighted by Crippen LogP contribution is 2.33. The Labute approximate surface area is 102 Å². The third-order valence-corrected chi connectivity index (χ3v) is 4.38. The minimum atomic E-state index is -0.354. The lowest BCUT2D eigenvalue weighted by atomic mass is 9.82. The standard InChI is InChI=1S/C13H21NO3/c15-12(10-11-2-1-3-11)14-6-4-13(5-7-14)16-8-9-17-13/h11H,1-10H2. The van der Waals surface area contributed by atoms with Gasteiger partial charge in [-0.15, -0.1) is 0 Å². The molecule has 3 rings (SSSR count). The van der Waals surface area contributed by atoms with Gasteiger partial charge in [0.05, 0.1) is 13.2 Å². The van der Waals surface area contributed by atoms with Gasteiger partial charge in [-0.2, -0.15) is 0 Å². The molecule has 0 atom stereocenters. The molecule has 4 heteroatoms. The Morgan fingerprint density at radius 3 is 2.35 bits per heavy atom. The summed E-state index contributed by atoms with van der Waals surface area (Å²) in [5, 5.41) is 0. The number of hydrogen-bond acceptors (Lipinski definition) is 3. The molecule has 17 heavy (non-hydrogen) atoms. The predicted molar refractivity (Wildman–Crippen MR) is 62.4 cm³/mol. The molecule has 0 radical (unpaired) electrons. The number of ether oxygens (including phenoxy) is 2. The molecule has 96 valence electrons. The summed E-state index contributed by atoms with van der Waals surface area (Å²) in [4.78, 5) is 14.0. The van der Waals surface area contributed by atoms with Crippen molar-refractivity contribution in [2.24, 2.45) is 5.92 Å². The number of amides is 1. The fourth-order valence-electron chi connectivity index (χ4n) is 2.96. The summed E-state index contributed by atoms with van der Waals surface area (Å²) >= 11 is 0. The molecular weight excluding hydrogens is 218 g/mol. The fourth-order valence-corrected chi connectivity index (χ4v) is 2.96. The lowest BCUT2D eigenvalue weighted by Gasteiger charge is -2.38. The Hall–Kier alpha value is -0.610. The predicted octanol–water partition coefficient (Wildman–Crippen LogP) is 1.54. The second-order valence-electron chi connectivity index (χ2n) is 5.49. The number of piperidine rings is 1. The van der Waals surface area contributed by atoms with Gasteiger partial charge in [0.2, 0.25) is 5.91 Å². The van der Waals surface area contributed by atoms with E-state index in [0.717, 1.165) is 32.4 Å². The average Bonchev–Trinajstić information content (AvgIpc) is 2.73. The Morgan fingerprint density at radius 1 is 1.18 bits per heavy atom. The van der Waals surface area contributed by atoms with E-state index in [-0.39, 0.29) is 5.79 Å². The molecule has 1 amide bonds. The van der Waals surface area contributed by atoms with Gasteiger partial charge < -0.3 is 14.4 Å². The van der Waals surface area contributed by atoms with Crippen LogP contribution in [-0.2, 0) is 14.3 Å². The molecule has 1 saturated carbocycles. The number of carbonyl (C=O) groups is 1. The smallest absolute Gasteiger partial charge is 0.222 e. The molecule has 0 bridgehead atoms. The van der Waals surface area contributed by atoms with Crippen molar-refractivity contribution >= 4 is 5.91 Å². The Bertz CT molecular complexity index is 285. The van der Waals surface area contributed by atoms with Gasteiger partial charge >= 0.3 is 0 Å². The summed E-state index contributed by atoms with van der Waals surface area (Å²) in [6.45, 7) is 3.00. The molecule has 2 aliphatic heterocycles. The van der Waals surface area contributed by atoms with E-state index in [0.29, 0.717) is 25.0 Å². The molecule has 2 heterocycles. The van der Waals surface area contributed by atoms with Crippen LogP contribution in [0.3, 0.4) is 0 Å². The maximum Gasteiger partial charge on any atom is 0.222 e. The van der Waals surface area contributed by atoms with E-state index in [1.165, 1.54) is 19.3 Å². The van der Waals surface area contributed by atoms with Gasteiger partial charge in [0.1, 0.15) is 0 Å². The largest absolute Gasteiger partial charge is 0.347 e. The molecule has 3 aliphatic rings. The van der Waals surface area contributed by atoms with Gasteiger partial charge in [0.25, 0.3) is 0 Å². The van der Waals surface area contributed by atoms with Crippen molar-refractivity contribution in [3.05, 3.63) is 0 Å². The summed E-state index contributed by atoms with van der Waals surface area (Å²) in [6, 6.07) is 0. The van der Waals surface area contributed by atoms with Crippen molar-refractivity contribution in [3.63, 3.8) is 0 Å². The monoisotopic (exact) mass is 239 g/mol. The number of likely N-dealkylation sites (tertiary alicyclic amines) is 1. The third-order valence-electron chi connectivity index (χ3n) is 4.38. The van der Waals surface area contributed by atoms with E-state index in [1.54, 1.807) is 0 Å². The van der Waals surface area contributed by atoms with Gasteiger partial charge in [-0.25, -0.2) is 0 Å². The van der Waals surface area contributed by atoms with Crippen LogP contribution in [0.1, 0.15) is 38.5 Å².